The molecule has 2 amide bonds. The standard InChI is InChI=1S/C17H21N3O2S/c1-3-10-18-15(21)11-20(2)17(22)12-23-16-9-8-13-6-4-5-7-14(13)19-16/h4-9H,3,10-12H2,1-2H3,(H,18,21). The van der Waals surface area contributed by atoms with E-state index in [0.29, 0.717) is 6.54 Å². The Morgan fingerprint density at radius 1 is 1.22 bits per heavy atom. The van der Waals surface area contributed by atoms with E-state index in [4.69, 9.17) is 0 Å². The molecule has 2 rings (SSSR count). The number of hydrogen-bond donors (Lipinski definition) is 1. The Labute approximate surface area is 140 Å². The summed E-state index contributed by atoms with van der Waals surface area (Å²) >= 11 is 1.38. The van der Waals surface area contributed by atoms with Crippen molar-refractivity contribution in [1.82, 2.24) is 15.2 Å². The summed E-state index contributed by atoms with van der Waals surface area (Å²) in [4.78, 5) is 29.7. The van der Waals surface area contributed by atoms with Gasteiger partial charge in [0.1, 0.15) is 0 Å². The van der Waals surface area contributed by atoms with Crippen LogP contribution in [0.15, 0.2) is 41.4 Å². The van der Waals surface area contributed by atoms with E-state index in [2.05, 4.69) is 10.3 Å². The molecule has 0 aliphatic carbocycles. The average molecular weight is 331 g/mol. The smallest absolute Gasteiger partial charge is 0.239 e. The van der Waals surface area contributed by atoms with Crippen LogP contribution in [0.5, 0.6) is 0 Å². The van der Waals surface area contributed by atoms with Gasteiger partial charge >= 0.3 is 0 Å². The van der Waals surface area contributed by atoms with Crippen LogP contribution in [0, 0.1) is 0 Å². The molecule has 1 aromatic carbocycles. The van der Waals surface area contributed by atoms with Crippen LogP contribution >= 0.6 is 11.8 Å². The number of likely N-dealkylation sites (N-methyl/N-ethyl adjacent to an activating group) is 1. The lowest BCUT2D eigenvalue weighted by molar-refractivity contribution is -0.132. The van der Waals surface area contributed by atoms with Crippen LogP contribution in [0.3, 0.4) is 0 Å². The lowest BCUT2D eigenvalue weighted by atomic mass is 10.2. The van der Waals surface area contributed by atoms with Gasteiger partial charge < -0.3 is 10.2 Å². The van der Waals surface area contributed by atoms with Gasteiger partial charge in [-0.1, -0.05) is 43.0 Å². The van der Waals surface area contributed by atoms with Gasteiger partial charge in [0, 0.05) is 19.0 Å². The molecule has 5 nitrogen and oxygen atoms in total. The van der Waals surface area contributed by atoms with Gasteiger partial charge in [-0.2, -0.15) is 0 Å². The lowest BCUT2D eigenvalue weighted by Gasteiger charge is -2.16. The van der Waals surface area contributed by atoms with Gasteiger partial charge in [0.25, 0.3) is 0 Å². The first-order valence-electron chi connectivity index (χ1n) is 7.59. The van der Waals surface area contributed by atoms with E-state index in [0.717, 1.165) is 22.3 Å². The van der Waals surface area contributed by atoms with Crippen molar-refractivity contribution in [2.45, 2.75) is 18.4 Å². The van der Waals surface area contributed by atoms with Gasteiger partial charge in [-0.25, -0.2) is 4.98 Å². The minimum atomic E-state index is -0.128. The molecule has 6 heteroatoms. The Hall–Kier alpha value is -2.08. The number of carbonyl (C=O) groups excluding carboxylic acids is 2. The van der Waals surface area contributed by atoms with E-state index in [-0.39, 0.29) is 24.1 Å². The summed E-state index contributed by atoms with van der Waals surface area (Å²) in [5.41, 5.74) is 0.914. The van der Waals surface area contributed by atoms with E-state index in [9.17, 15) is 9.59 Å². The second-order valence-corrected chi connectivity index (χ2v) is 6.23. The lowest BCUT2D eigenvalue weighted by Crippen LogP contribution is -2.39. The van der Waals surface area contributed by atoms with Crippen molar-refractivity contribution in [1.29, 1.82) is 0 Å². The average Bonchev–Trinajstić information content (AvgIpc) is 2.57. The van der Waals surface area contributed by atoms with Crippen LogP contribution in [-0.4, -0.2) is 47.6 Å². The molecule has 0 aliphatic heterocycles. The predicted octanol–water partition coefficient (Wildman–Crippen LogP) is 2.31. The molecular weight excluding hydrogens is 310 g/mol. The number of para-hydroxylation sites is 1. The number of nitrogens with zero attached hydrogens (tertiary/aromatic N) is 2. The van der Waals surface area contributed by atoms with Crippen LogP contribution in [0.2, 0.25) is 0 Å². The Balaban J connectivity index is 1.86. The Kier molecular flexibility index (Phi) is 6.40. The minimum Gasteiger partial charge on any atom is -0.355 e. The van der Waals surface area contributed by atoms with Gasteiger partial charge in [-0.05, 0) is 18.6 Å². The number of pyridine rings is 1. The van der Waals surface area contributed by atoms with Crippen molar-refractivity contribution in [2.75, 3.05) is 25.9 Å². The molecule has 23 heavy (non-hydrogen) atoms. The van der Waals surface area contributed by atoms with E-state index >= 15 is 0 Å². The fourth-order valence-corrected chi connectivity index (χ4v) is 2.82. The second-order valence-electron chi connectivity index (χ2n) is 5.23. The molecule has 0 bridgehead atoms. The summed E-state index contributed by atoms with van der Waals surface area (Å²) in [6.07, 6.45) is 0.882. The summed E-state index contributed by atoms with van der Waals surface area (Å²) in [5, 5.41) is 4.64. The zero-order valence-electron chi connectivity index (χ0n) is 13.4. The van der Waals surface area contributed by atoms with Crippen LogP contribution < -0.4 is 5.32 Å². The predicted molar refractivity (Wildman–Crippen MR) is 93.4 cm³/mol. The fraction of sp³-hybridized carbons (Fsp3) is 0.353. The number of carbonyl (C=O) groups is 2. The molecule has 0 unspecified atom stereocenters. The molecule has 1 aromatic heterocycles. The summed E-state index contributed by atoms with van der Waals surface area (Å²) in [5.74, 6) is 0.0521. The molecule has 1 heterocycles. The van der Waals surface area contributed by atoms with Crippen LogP contribution in [-0.2, 0) is 9.59 Å². The molecule has 122 valence electrons. The molecule has 0 radical (unpaired) electrons. The Bertz CT molecular complexity index is 690. The van der Waals surface area contributed by atoms with Gasteiger partial charge in [0.15, 0.2) is 0 Å². The molecule has 0 aliphatic rings. The zero-order chi connectivity index (χ0) is 16.7. The number of hydrogen-bond acceptors (Lipinski definition) is 4. The highest BCUT2D eigenvalue weighted by molar-refractivity contribution is 7.99. The Morgan fingerprint density at radius 2 is 2.00 bits per heavy atom. The van der Waals surface area contributed by atoms with Crippen molar-refractivity contribution in [3.05, 3.63) is 36.4 Å². The molecule has 0 fully saturated rings. The maximum atomic E-state index is 12.1. The molecule has 0 spiro atoms. The van der Waals surface area contributed by atoms with Crippen molar-refractivity contribution < 1.29 is 9.59 Å². The normalized spacial score (nSPS) is 10.5. The summed E-state index contributed by atoms with van der Waals surface area (Å²) in [6, 6.07) is 11.8. The summed E-state index contributed by atoms with van der Waals surface area (Å²) < 4.78 is 0. The maximum absolute atomic E-state index is 12.1. The number of fused-ring (bicyclic) bond motifs is 1. The van der Waals surface area contributed by atoms with Gasteiger partial charge in [-0.15, -0.1) is 0 Å². The monoisotopic (exact) mass is 331 g/mol. The first-order valence-corrected chi connectivity index (χ1v) is 8.58. The maximum Gasteiger partial charge on any atom is 0.239 e. The van der Waals surface area contributed by atoms with E-state index < -0.39 is 0 Å². The Morgan fingerprint density at radius 3 is 2.78 bits per heavy atom. The van der Waals surface area contributed by atoms with Crippen LogP contribution in [0.1, 0.15) is 13.3 Å². The zero-order valence-corrected chi connectivity index (χ0v) is 14.2. The van der Waals surface area contributed by atoms with Crippen molar-refractivity contribution in [2.24, 2.45) is 0 Å². The molecule has 0 saturated heterocycles. The number of amides is 2. The summed E-state index contributed by atoms with van der Waals surface area (Å²) in [7, 11) is 1.64. The number of thioether (sulfide) groups is 1. The topological polar surface area (TPSA) is 62.3 Å². The number of rotatable bonds is 7. The molecule has 0 atom stereocenters. The van der Waals surface area contributed by atoms with Crippen molar-refractivity contribution in [3.63, 3.8) is 0 Å². The van der Waals surface area contributed by atoms with E-state index in [1.165, 1.54) is 16.7 Å². The highest BCUT2D eigenvalue weighted by atomic mass is 32.2. The highest BCUT2D eigenvalue weighted by Gasteiger charge is 2.13. The molecular formula is C17H21N3O2S. The first kappa shape index (κ1) is 17.3. The minimum absolute atomic E-state index is 0.0865. The molecule has 2 aromatic rings. The highest BCUT2D eigenvalue weighted by Crippen LogP contribution is 2.20. The number of aromatic nitrogens is 1. The van der Waals surface area contributed by atoms with E-state index in [1.807, 2.05) is 43.3 Å². The van der Waals surface area contributed by atoms with Crippen molar-refractivity contribution >= 4 is 34.5 Å². The van der Waals surface area contributed by atoms with E-state index in [1.54, 1.807) is 7.05 Å². The van der Waals surface area contributed by atoms with Gasteiger partial charge in [0.05, 0.1) is 22.8 Å². The fourth-order valence-electron chi connectivity index (χ4n) is 2.00. The van der Waals surface area contributed by atoms with Crippen LogP contribution in [0.25, 0.3) is 10.9 Å². The molecule has 1 N–H and O–H groups in total. The van der Waals surface area contributed by atoms with Crippen LogP contribution in [0.4, 0.5) is 0 Å². The SMILES string of the molecule is CCCNC(=O)CN(C)C(=O)CSc1ccc2ccccc2n1. The third-order valence-electron chi connectivity index (χ3n) is 3.30. The van der Waals surface area contributed by atoms with Gasteiger partial charge in [-0.3, -0.25) is 9.59 Å². The number of benzene rings is 1. The van der Waals surface area contributed by atoms with Crippen molar-refractivity contribution in [3.8, 4) is 0 Å². The summed E-state index contributed by atoms with van der Waals surface area (Å²) in [6.45, 7) is 2.71. The third kappa shape index (κ3) is 5.25. The molecule has 0 saturated carbocycles. The second kappa shape index (κ2) is 8.53. The first-order chi connectivity index (χ1) is 11.1. The quantitative estimate of drug-likeness (QED) is 0.791. The largest absolute Gasteiger partial charge is 0.355 e. The third-order valence-corrected chi connectivity index (χ3v) is 4.21. The number of nitrogens with one attached hydrogen (secondary N) is 1. The van der Waals surface area contributed by atoms with Gasteiger partial charge in [0.2, 0.25) is 11.8 Å².